The molecule has 0 saturated carbocycles. The fourth-order valence-electron chi connectivity index (χ4n) is 6.05. The Morgan fingerprint density at radius 3 is 2.30 bits per heavy atom. The lowest BCUT2D eigenvalue weighted by Gasteiger charge is -2.38. The van der Waals surface area contributed by atoms with Crippen LogP contribution in [0.1, 0.15) is 67.6 Å². The number of hydrogen-bond acceptors (Lipinski definition) is 5. The molecule has 3 unspecified atom stereocenters. The highest BCUT2D eigenvalue weighted by Crippen LogP contribution is 2.46. The second kappa shape index (κ2) is 14.5. The summed E-state index contributed by atoms with van der Waals surface area (Å²) in [5, 5.41) is 13.4. The Balaban J connectivity index is 1.39. The number of nitrogens with zero attached hydrogens (tertiary/aromatic N) is 1. The van der Waals surface area contributed by atoms with E-state index in [1.165, 1.54) is 19.3 Å². The number of rotatable bonds is 12. The highest BCUT2D eigenvalue weighted by molar-refractivity contribution is 6.31. The lowest BCUT2D eigenvalue weighted by molar-refractivity contribution is -0.164. The van der Waals surface area contributed by atoms with Gasteiger partial charge >= 0.3 is 0 Å². The van der Waals surface area contributed by atoms with Gasteiger partial charge in [-0.2, -0.15) is 0 Å². The van der Waals surface area contributed by atoms with Crippen molar-refractivity contribution in [3.8, 4) is 5.75 Å². The summed E-state index contributed by atoms with van der Waals surface area (Å²) in [7, 11) is 0. The van der Waals surface area contributed by atoms with E-state index in [0.29, 0.717) is 24.7 Å². The molecule has 2 aliphatic rings. The van der Waals surface area contributed by atoms with Crippen molar-refractivity contribution in [1.82, 2.24) is 4.90 Å². The number of benzene rings is 3. The highest BCUT2D eigenvalue weighted by atomic mass is 35.5. The van der Waals surface area contributed by atoms with E-state index in [4.69, 9.17) is 25.8 Å². The Kier molecular flexibility index (Phi) is 10.5. The number of aliphatic hydroxyl groups is 1. The molecule has 3 atom stereocenters. The van der Waals surface area contributed by atoms with E-state index in [0.717, 1.165) is 67.9 Å². The molecule has 40 heavy (non-hydrogen) atoms. The van der Waals surface area contributed by atoms with Gasteiger partial charge in [0.05, 0.1) is 6.61 Å². The minimum absolute atomic E-state index is 0.188. The molecule has 2 aliphatic heterocycles. The molecule has 0 amide bonds. The van der Waals surface area contributed by atoms with Crippen molar-refractivity contribution in [3.63, 3.8) is 0 Å². The number of ether oxygens (including phenoxy) is 3. The third-order valence-electron chi connectivity index (χ3n) is 8.27. The maximum absolute atomic E-state index is 12.8. The van der Waals surface area contributed by atoms with Gasteiger partial charge in [0.25, 0.3) is 0 Å². The quantitative estimate of drug-likeness (QED) is 0.253. The van der Waals surface area contributed by atoms with Gasteiger partial charge in [0, 0.05) is 24.1 Å². The minimum atomic E-state index is -1.34. The van der Waals surface area contributed by atoms with Crippen molar-refractivity contribution in [2.45, 2.75) is 62.8 Å². The lowest BCUT2D eigenvalue weighted by atomic mass is 9.71. The molecule has 5 rings (SSSR count). The van der Waals surface area contributed by atoms with Crippen LogP contribution in [0.5, 0.6) is 5.75 Å². The Morgan fingerprint density at radius 1 is 0.850 bits per heavy atom. The lowest BCUT2D eigenvalue weighted by Crippen LogP contribution is -2.36. The number of likely N-dealkylation sites (tertiary alicyclic amines) is 1. The monoisotopic (exact) mass is 563 g/mol. The molecular weight excluding hydrogens is 522 g/mol. The predicted octanol–water partition coefficient (Wildman–Crippen LogP) is 7.16. The number of halogens is 1. The largest absolute Gasteiger partial charge is 0.492 e. The summed E-state index contributed by atoms with van der Waals surface area (Å²) in [6.45, 7) is 5.10. The number of piperidine rings is 1. The molecule has 0 spiro atoms. The molecule has 1 N–H and O–H groups in total. The third-order valence-corrected chi connectivity index (χ3v) is 8.61. The Bertz CT molecular complexity index is 1160. The summed E-state index contributed by atoms with van der Waals surface area (Å²) in [6, 6.07) is 25.6. The van der Waals surface area contributed by atoms with Gasteiger partial charge < -0.3 is 19.3 Å². The van der Waals surface area contributed by atoms with Gasteiger partial charge in [-0.25, -0.2) is 0 Å². The summed E-state index contributed by atoms with van der Waals surface area (Å²) in [6.07, 6.45) is 7.36. The summed E-state index contributed by atoms with van der Waals surface area (Å²) in [5.41, 5.74) is 1.16. The van der Waals surface area contributed by atoms with Gasteiger partial charge in [0.15, 0.2) is 6.29 Å². The van der Waals surface area contributed by atoms with E-state index in [1.807, 2.05) is 78.9 Å². The summed E-state index contributed by atoms with van der Waals surface area (Å²) >= 11 is 6.77. The van der Waals surface area contributed by atoms with E-state index in [2.05, 4.69) is 4.90 Å². The van der Waals surface area contributed by atoms with Gasteiger partial charge in [0.2, 0.25) is 0 Å². The molecule has 5 nitrogen and oxygen atoms in total. The maximum Gasteiger partial charge on any atom is 0.157 e. The van der Waals surface area contributed by atoms with Crippen LogP contribution in [0.2, 0.25) is 5.02 Å². The van der Waals surface area contributed by atoms with Crippen molar-refractivity contribution < 1.29 is 19.3 Å². The normalized spacial score (nSPS) is 20.5. The van der Waals surface area contributed by atoms with Gasteiger partial charge in [-0.1, -0.05) is 78.7 Å². The van der Waals surface area contributed by atoms with E-state index < -0.39 is 5.60 Å². The zero-order valence-electron chi connectivity index (χ0n) is 23.3. The predicted molar refractivity (Wildman–Crippen MR) is 160 cm³/mol. The summed E-state index contributed by atoms with van der Waals surface area (Å²) in [5.74, 6) is 0.460. The Morgan fingerprint density at radius 2 is 1.57 bits per heavy atom. The minimum Gasteiger partial charge on any atom is -0.492 e. The molecular formula is C34H42ClNO4. The van der Waals surface area contributed by atoms with Crippen LogP contribution in [0.3, 0.4) is 0 Å². The first-order valence-electron chi connectivity index (χ1n) is 14.9. The first-order chi connectivity index (χ1) is 19.6. The molecule has 0 bridgehead atoms. The standard InChI is InChI=1S/C34H42ClNO4/c35-32-14-6-5-13-30(32)31(20-25-40-33-15-7-10-24-39-33)34(37,27-11-3-1-4-12-27)28-16-18-29(19-17-28)38-26-23-36-21-8-2-9-22-36/h1,3-6,11-14,16-19,31,33,37H,2,7-10,15,20-26H2. The average Bonchev–Trinajstić information content (AvgIpc) is 3.01. The molecule has 2 fully saturated rings. The van der Waals surface area contributed by atoms with Crippen LogP contribution in [0.4, 0.5) is 0 Å². The van der Waals surface area contributed by atoms with Crippen LogP contribution < -0.4 is 4.74 Å². The highest BCUT2D eigenvalue weighted by Gasteiger charge is 2.42. The van der Waals surface area contributed by atoms with Crippen LogP contribution in [-0.4, -0.2) is 55.8 Å². The smallest absolute Gasteiger partial charge is 0.157 e. The SMILES string of the molecule is OC(c1ccccc1)(c1ccc(OCCN2CCCCC2)cc1)C(CCOC1CCCCO1)c1ccccc1Cl. The fourth-order valence-corrected chi connectivity index (χ4v) is 6.32. The first-order valence-corrected chi connectivity index (χ1v) is 15.2. The topological polar surface area (TPSA) is 51.2 Å². The van der Waals surface area contributed by atoms with E-state index >= 15 is 0 Å². The third kappa shape index (κ3) is 7.26. The van der Waals surface area contributed by atoms with Crippen LogP contribution in [0.25, 0.3) is 0 Å². The van der Waals surface area contributed by atoms with E-state index in [9.17, 15) is 5.11 Å². The molecule has 3 aromatic carbocycles. The Labute approximate surface area is 244 Å². The molecule has 0 radical (unpaired) electrons. The first kappa shape index (κ1) is 29.1. The van der Waals surface area contributed by atoms with Crippen LogP contribution >= 0.6 is 11.6 Å². The van der Waals surface area contributed by atoms with E-state index in [-0.39, 0.29) is 12.2 Å². The maximum atomic E-state index is 12.8. The zero-order valence-corrected chi connectivity index (χ0v) is 24.1. The van der Waals surface area contributed by atoms with Crippen molar-refractivity contribution in [2.24, 2.45) is 0 Å². The summed E-state index contributed by atoms with van der Waals surface area (Å²) < 4.78 is 18.1. The van der Waals surface area contributed by atoms with Gasteiger partial charge in [-0.05, 0) is 86.5 Å². The average molecular weight is 564 g/mol. The van der Waals surface area contributed by atoms with Crippen molar-refractivity contribution >= 4 is 11.6 Å². The molecule has 0 aliphatic carbocycles. The van der Waals surface area contributed by atoms with Crippen LogP contribution in [0, 0.1) is 0 Å². The zero-order chi connectivity index (χ0) is 27.6. The second-order valence-corrected chi connectivity index (χ2v) is 11.3. The number of hydrogen-bond donors (Lipinski definition) is 1. The Hall–Kier alpha value is -2.41. The van der Waals surface area contributed by atoms with Gasteiger partial charge in [-0.3, -0.25) is 4.90 Å². The fraction of sp³-hybridized carbons (Fsp3) is 0.471. The molecule has 0 aromatic heterocycles. The molecule has 3 aromatic rings. The van der Waals surface area contributed by atoms with Crippen LogP contribution in [-0.2, 0) is 15.1 Å². The van der Waals surface area contributed by atoms with Crippen molar-refractivity contribution in [1.29, 1.82) is 0 Å². The molecule has 2 saturated heterocycles. The van der Waals surface area contributed by atoms with Gasteiger partial charge in [-0.15, -0.1) is 0 Å². The van der Waals surface area contributed by atoms with Crippen molar-refractivity contribution in [3.05, 3.63) is 101 Å². The van der Waals surface area contributed by atoms with E-state index in [1.54, 1.807) is 0 Å². The molecule has 6 heteroatoms. The second-order valence-electron chi connectivity index (χ2n) is 10.9. The summed E-state index contributed by atoms with van der Waals surface area (Å²) in [4.78, 5) is 2.47. The van der Waals surface area contributed by atoms with Crippen LogP contribution in [0.15, 0.2) is 78.9 Å². The van der Waals surface area contributed by atoms with Crippen molar-refractivity contribution in [2.75, 3.05) is 39.5 Å². The van der Waals surface area contributed by atoms with Gasteiger partial charge in [0.1, 0.15) is 18.0 Å². The molecule has 214 valence electrons. The molecule has 2 heterocycles.